The van der Waals surface area contributed by atoms with Crippen LogP contribution >= 0.6 is 34.7 Å². The Hall–Kier alpha value is -2.71. The topological polar surface area (TPSA) is 161 Å². The first-order valence-electron chi connectivity index (χ1n) is 9.94. The van der Waals surface area contributed by atoms with Crippen LogP contribution in [0.2, 0.25) is 0 Å². The Balaban J connectivity index is 1.61. The molecule has 0 radical (unpaired) electrons. The van der Waals surface area contributed by atoms with E-state index >= 15 is 0 Å². The maximum atomic E-state index is 12.8. The molecule has 178 valence electrons. The number of sulfone groups is 1. The van der Waals surface area contributed by atoms with E-state index in [1.807, 2.05) is 0 Å². The van der Waals surface area contributed by atoms with E-state index in [9.17, 15) is 8.42 Å². The Morgan fingerprint density at radius 2 is 1.97 bits per heavy atom. The molecule has 4 rings (SSSR count). The lowest BCUT2D eigenvalue weighted by atomic mass is 10.1. The van der Waals surface area contributed by atoms with E-state index in [1.54, 1.807) is 56.4 Å². The van der Waals surface area contributed by atoms with Gasteiger partial charge in [0.1, 0.15) is 10.9 Å². The van der Waals surface area contributed by atoms with Gasteiger partial charge in [0.2, 0.25) is 10.9 Å². The summed E-state index contributed by atoms with van der Waals surface area (Å²) in [7, 11) is -3.54. The van der Waals surface area contributed by atoms with Gasteiger partial charge in [-0.15, -0.1) is 10.2 Å². The highest BCUT2D eigenvalue weighted by molar-refractivity contribution is 8.01. The van der Waals surface area contributed by atoms with E-state index in [1.165, 1.54) is 29.3 Å². The van der Waals surface area contributed by atoms with E-state index < -0.39 is 20.9 Å². The van der Waals surface area contributed by atoms with Crippen molar-refractivity contribution in [2.45, 2.75) is 39.1 Å². The second-order valence-corrected chi connectivity index (χ2v) is 12.6. The lowest BCUT2D eigenvalue weighted by Gasteiger charge is -2.30. The van der Waals surface area contributed by atoms with Crippen LogP contribution < -0.4 is 22.1 Å². The highest BCUT2D eigenvalue weighted by Gasteiger charge is 2.31. The summed E-state index contributed by atoms with van der Waals surface area (Å²) in [5.74, 6) is -1.16. The molecule has 0 bridgehead atoms. The van der Waals surface area contributed by atoms with Crippen LogP contribution in [0.25, 0.3) is 0 Å². The van der Waals surface area contributed by atoms with Crippen LogP contribution in [0.15, 0.2) is 73.1 Å². The van der Waals surface area contributed by atoms with Gasteiger partial charge in [0, 0.05) is 18.0 Å². The number of hydrogen-bond donors (Lipinski definition) is 4. The largest absolute Gasteiger partial charge is 0.374 e. The summed E-state index contributed by atoms with van der Waals surface area (Å²) in [5.41, 5.74) is 13.1. The molecule has 0 aliphatic carbocycles. The number of amidine groups is 1. The lowest BCUT2D eigenvalue weighted by Crippen LogP contribution is -2.50. The molecule has 2 aromatic heterocycles. The summed E-state index contributed by atoms with van der Waals surface area (Å²) >= 11 is 8.95. The lowest BCUT2D eigenvalue weighted by molar-refractivity contribution is 0.408. The third-order valence-electron chi connectivity index (χ3n) is 4.79. The van der Waals surface area contributed by atoms with Crippen LogP contribution in [0.3, 0.4) is 0 Å². The molecule has 1 aromatic carbocycles. The van der Waals surface area contributed by atoms with Gasteiger partial charge in [-0.05, 0) is 49.9 Å². The molecule has 1 aliphatic heterocycles. The molecule has 1 unspecified atom stereocenters. The summed E-state index contributed by atoms with van der Waals surface area (Å²) < 4.78 is 26.3. The Kier molecular flexibility index (Phi) is 6.82. The maximum Gasteiger partial charge on any atom is 0.212 e. The molecular weight excluding hydrogens is 516 g/mol. The van der Waals surface area contributed by atoms with Crippen molar-refractivity contribution in [3.8, 4) is 0 Å². The number of aromatic nitrogens is 3. The molecule has 0 spiro atoms. The Labute approximate surface area is 209 Å². The Morgan fingerprint density at radius 1 is 1.21 bits per heavy atom. The van der Waals surface area contributed by atoms with Crippen LogP contribution in [0.1, 0.15) is 19.4 Å². The van der Waals surface area contributed by atoms with Crippen molar-refractivity contribution in [2.75, 3.05) is 11.1 Å². The molecule has 14 heteroatoms. The monoisotopic (exact) mass is 536 g/mol. The van der Waals surface area contributed by atoms with Gasteiger partial charge in [0.15, 0.2) is 14.2 Å². The van der Waals surface area contributed by atoms with Gasteiger partial charge in [-0.25, -0.2) is 18.4 Å². The Bertz CT molecular complexity index is 1370. The van der Waals surface area contributed by atoms with Crippen molar-refractivity contribution in [1.29, 1.82) is 0 Å². The number of pyridine rings is 1. The summed E-state index contributed by atoms with van der Waals surface area (Å²) in [6.45, 7) is 3.25. The number of benzene rings is 1. The molecule has 10 nitrogen and oxygen atoms in total. The first-order chi connectivity index (χ1) is 16.1. The first-order valence-corrected chi connectivity index (χ1v) is 13.5. The van der Waals surface area contributed by atoms with Gasteiger partial charge in [-0.1, -0.05) is 35.1 Å². The minimum Gasteiger partial charge on any atom is -0.374 e. The van der Waals surface area contributed by atoms with Gasteiger partial charge >= 0.3 is 0 Å². The van der Waals surface area contributed by atoms with Crippen molar-refractivity contribution in [3.63, 3.8) is 0 Å². The van der Waals surface area contributed by atoms with Gasteiger partial charge < -0.3 is 16.4 Å². The van der Waals surface area contributed by atoms with Crippen LogP contribution in [0.4, 0.5) is 10.8 Å². The molecule has 0 amide bonds. The van der Waals surface area contributed by atoms with Crippen LogP contribution in [0, 0.1) is 0 Å². The number of halogens is 1. The number of nitrogens with zero attached hydrogens (tertiary/aromatic N) is 4. The zero-order valence-electron chi connectivity index (χ0n) is 18.1. The standard InChI is InChI=1S/C20H21ClN8O2S3/c1-11(2)34(30,31)15-6-4-3-5-14(15)26-17-13(21)10-25-20(23,27-17)12-7-8-16(24-9-12)32-19-29-28-18(22)33-19/h3-11,25H,23H2,1-2H3,(H2,22,28)(H,26,27). The van der Waals surface area contributed by atoms with E-state index in [0.29, 0.717) is 25.7 Å². The fourth-order valence-electron chi connectivity index (χ4n) is 2.96. The summed E-state index contributed by atoms with van der Waals surface area (Å²) in [4.78, 5) is 9.11. The molecule has 3 heterocycles. The number of rotatable bonds is 6. The molecule has 0 fully saturated rings. The smallest absolute Gasteiger partial charge is 0.212 e. The van der Waals surface area contributed by atoms with Gasteiger partial charge in [-0.2, -0.15) is 0 Å². The highest BCUT2D eigenvalue weighted by atomic mass is 35.5. The molecular formula is C20H21ClN8O2S3. The molecule has 34 heavy (non-hydrogen) atoms. The third kappa shape index (κ3) is 5.03. The van der Waals surface area contributed by atoms with E-state index in [0.717, 1.165) is 0 Å². The fraction of sp³-hybridized carbons (Fsp3) is 0.200. The van der Waals surface area contributed by atoms with Crippen molar-refractivity contribution >= 4 is 61.2 Å². The first kappa shape index (κ1) is 24.4. The number of nitrogen functional groups attached to an aromatic ring is 1. The van der Waals surface area contributed by atoms with Crippen molar-refractivity contribution in [2.24, 2.45) is 10.7 Å². The van der Waals surface area contributed by atoms with E-state index in [-0.39, 0.29) is 15.8 Å². The predicted octanol–water partition coefficient (Wildman–Crippen LogP) is 3.11. The van der Waals surface area contributed by atoms with Gasteiger partial charge in [0.05, 0.1) is 20.9 Å². The predicted molar refractivity (Wildman–Crippen MR) is 135 cm³/mol. The zero-order chi connectivity index (χ0) is 24.5. The molecule has 6 N–H and O–H groups in total. The SMILES string of the molecule is CC(C)S(=O)(=O)c1ccccc1NC1=NC(N)(c2ccc(Sc3nnc(N)s3)nc2)NC=C1Cl. The molecule has 0 saturated heterocycles. The van der Waals surface area contributed by atoms with Crippen molar-refractivity contribution < 1.29 is 8.42 Å². The number of hydrogen-bond acceptors (Lipinski definition) is 12. The van der Waals surface area contributed by atoms with Crippen LogP contribution in [-0.2, 0) is 15.6 Å². The Morgan fingerprint density at radius 3 is 2.62 bits per heavy atom. The van der Waals surface area contributed by atoms with E-state index in [4.69, 9.17) is 23.1 Å². The van der Waals surface area contributed by atoms with Crippen LogP contribution in [-0.4, -0.2) is 34.7 Å². The number of nitrogens with one attached hydrogen (secondary N) is 2. The number of anilines is 2. The second kappa shape index (κ2) is 9.50. The molecule has 1 aliphatic rings. The number of aliphatic imine (C=N–C) groups is 1. The molecule has 3 aromatic rings. The van der Waals surface area contributed by atoms with E-state index in [2.05, 4.69) is 30.8 Å². The van der Waals surface area contributed by atoms with Gasteiger partial charge in [0.25, 0.3) is 0 Å². The van der Waals surface area contributed by atoms with Crippen LogP contribution in [0.5, 0.6) is 0 Å². The van der Waals surface area contributed by atoms with Gasteiger partial charge in [-0.3, -0.25) is 5.73 Å². The average Bonchev–Trinajstić information content (AvgIpc) is 3.21. The number of para-hydroxylation sites is 1. The average molecular weight is 537 g/mol. The summed E-state index contributed by atoms with van der Waals surface area (Å²) in [6, 6.07) is 10.1. The zero-order valence-corrected chi connectivity index (χ0v) is 21.3. The minimum atomic E-state index is -3.54. The molecule has 0 saturated carbocycles. The normalized spacial score (nSPS) is 18.3. The highest BCUT2D eigenvalue weighted by Crippen LogP contribution is 2.31. The number of nitrogens with two attached hydrogens (primary N) is 2. The molecule has 1 atom stereocenters. The maximum absolute atomic E-state index is 12.8. The quantitative estimate of drug-likeness (QED) is 0.368. The fourth-order valence-corrected chi connectivity index (χ4v) is 5.83. The second-order valence-electron chi connectivity index (χ2n) is 7.47. The summed E-state index contributed by atoms with van der Waals surface area (Å²) in [6.07, 6.45) is 3.09. The minimum absolute atomic E-state index is 0.152. The van der Waals surface area contributed by atoms with Crippen molar-refractivity contribution in [1.82, 2.24) is 20.5 Å². The third-order valence-corrected chi connectivity index (χ3v) is 9.04. The summed E-state index contributed by atoms with van der Waals surface area (Å²) in [5, 5.41) is 14.5. The van der Waals surface area contributed by atoms with Crippen molar-refractivity contribution in [3.05, 3.63) is 59.4 Å².